The molecule has 10 nitrogen and oxygen atoms in total. The number of amides is 3. The number of benzene rings is 1. The van der Waals surface area contributed by atoms with Gasteiger partial charge in [-0.3, -0.25) is 14.4 Å². The van der Waals surface area contributed by atoms with Gasteiger partial charge in [0.25, 0.3) is 0 Å². The molecule has 0 aliphatic carbocycles. The number of unbranched alkanes of at least 4 members (excludes halogenated alkanes) is 1. The number of hydrogen-bond acceptors (Lipinski definition) is 6. The van der Waals surface area contributed by atoms with Gasteiger partial charge in [0.2, 0.25) is 17.7 Å². The van der Waals surface area contributed by atoms with E-state index in [-0.39, 0.29) is 18.9 Å². The number of nitrogens with one attached hydrogen (secondary N) is 3. The van der Waals surface area contributed by atoms with Crippen molar-refractivity contribution in [1.29, 1.82) is 0 Å². The highest BCUT2D eigenvalue weighted by Crippen LogP contribution is 2.08. The Morgan fingerprint density at radius 3 is 2.09 bits per heavy atom. The van der Waals surface area contributed by atoms with E-state index in [0.29, 0.717) is 25.8 Å². The Hall–Kier alpha value is -2.98. The molecule has 1 aromatic rings. The van der Waals surface area contributed by atoms with Crippen molar-refractivity contribution < 1.29 is 24.3 Å². The van der Waals surface area contributed by atoms with E-state index >= 15 is 0 Å². The number of carboxylic acid groups (broad SMARTS) is 1. The van der Waals surface area contributed by atoms with Gasteiger partial charge in [0, 0.05) is 6.42 Å². The minimum Gasteiger partial charge on any atom is -0.480 e. The monoisotopic (exact) mass is 449 g/mol. The van der Waals surface area contributed by atoms with Crippen LogP contribution in [0.1, 0.15) is 38.7 Å². The van der Waals surface area contributed by atoms with Crippen molar-refractivity contribution >= 4 is 23.7 Å². The van der Waals surface area contributed by atoms with Crippen LogP contribution in [0.2, 0.25) is 0 Å². The first-order chi connectivity index (χ1) is 15.2. The summed E-state index contributed by atoms with van der Waals surface area (Å²) in [6.07, 6.45) is 1.73. The summed E-state index contributed by atoms with van der Waals surface area (Å²) < 4.78 is 0. The van der Waals surface area contributed by atoms with Crippen LogP contribution in [0.25, 0.3) is 0 Å². The van der Waals surface area contributed by atoms with Crippen LogP contribution in [0, 0.1) is 5.92 Å². The maximum Gasteiger partial charge on any atom is 0.326 e. The Kier molecular flexibility index (Phi) is 12.0. The number of carbonyl (C=O) groups is 4. The topological polar surface area (TPSA) is 177 Å². The summed E-state index contributed by atoms with van der Waals surface area (Å²) >= 11 is 0. The second kappa shape index (κ2) is 14.2. The van der Waals surface area contributed by atoms with Gasteiger partial charge in [0.1, 0.15) is 18.1 Å². The van der Waals surface area contributed by atoms with Gasteiger partial charge in [-0.2, -0.15) is 0 Å². The summed E-state index contributed by atoms with van der Waals surface area (Å²) in [5.74, 6) is -3.13. The fourth-order valence-electron chi connectivity index (χ4n) is 3.12. The molecular weight excluding hydrogens is 414 g/mol. The van der Waals surface area contributed by atoms with Gasteiger partial charge in [0.05, 0.1) is 6.54 Å². The quantitative estimate of drug-likeness (QED) is 0.208. The summed E-state index contributed by atoms with van der Waals surface area (Å²) in [6.45, 7) is 3.65. The summed E-state index contributed by atoms with van der Waals surface area (Å²) in [5, 5.41) is 17.3. The molecule has 178 valence electrons. The van der Waals surface area contributed by atoms with Gasteiger partial charge in [-0.15, -0.1) is 0 Å². The molecule has 0 aromatic heterocycles. The lowest BCUT2D eigenvalue weighted by Gasteiger charge is -2.26. The Balaban J connectivity index is 2.89. The van der Waals surface area contributed by atoms with Crippen LogP contribution in [0.3, 0.4) is 0 Å². The van der Waals surface area contributed by atoms with Gasteiger partial charge < -0.3 is 32.5 Å². The molecule has 0 aliphatic rings. The molecule has 0 spiro atoms. The second-order valence-corrected chi connectivity index (χ2v) is 7.93. The maximum absolute atomic E-state index is 12.9. The molecule has 3 amide bonds. The molecule has 3 unspecified atom stereocenters. The predicted octanol–water partition coefficient (Wildman–Crippen LogP) is -0.488. The molecule has 0 saturated carbocycles. The molecular formula is C22H35N5O5. The van der Waals surface area contributed by atoms with E-state index in [2.05, 4.69) is 16.0 Å². The van der Waals surface area contributed by atoms with E-state index in [1.165, 1.54) is 0 Å². The molecule has 0 bridgehead atoms. The van der Waals surface area contributed by atoms with E-state index in [9.17, 15) is 24.3 Å². The molecule has 0 heterocycles. The third-order valence-electron chi connectivity index (χ3n) is 4.93. The summed E-state index contributed by atoms with van der Waals surface area (Å²) in [6, 6.07) is 5.93. The van der Waals surface area contributed by atoms with Crippen LogP contribution in [-0.4, -0.2) is 60.0 Å². The molecule has 0 fully saturated rings. The standard InChI is InChI=1S/C22H35N5O5/c1-14(2)19(27-20(29)16(10-6-7-11-23)25-18(28)13-24)21(30)26-17(22(31)32)12-15-8-4-3-5-9-15/h3-5,8-9,14,16-17,19H,6-7,10-13,23-24H2,1-2H3,(H,25,28)(H,26,30)(H,27,29)(H,31,32). The van der Waals surface area contributed by atoms with E-state index in [0.717, 1.165) is 5.56 Å². The summed E-state index contributed by atoms with van der Waals surface area (Å²) in [7, 11) is 0. The Morgan fingerprint density at radius 2 is 1.56 bits per heavy atom. The van der Waals surface area contributed by atoms with Crippen LogP contribution in [-0.2, 0) is 25.6 Å². The van der Waals surface area contributed by atoms with Gasteiger partial charge in [-0.1, -0.05) is 44.2 Å². The fourth-order valence-corrected chi connectivity index (χ4v) is 3.12. The van der Waals surface area contributed by atoms with Crippen molar-refractivity contribution in [3.8, 4) is 0 Å². The number of carbonyl (C=O) groups excluding carboxylic acids is 3. The zero-order valence-corrected chi connectivity index (χ0v) is 18.7. The molecule has 0 saturated heterocycles. The van der Waals surface area contributed by atoms with Crippen molar-refractivity contribution in [2.45, 2.75) is 57.7 Å². The first-order valence-electron chi connectivity index (χ1n) is 10.8. The smallest absolute Gasteiger partial charge is 0.326 e. The SMILES string of the molecule is CC(C)C(NC(=O)C(CCCCN)NC(=O)CN)C(=O)NC(Cc1ccccc1)C(=O)O. The van der Waals surface area contributed by atoms with Gasteiger partial charge in [0.15, 0.2) is 0 Å². The lowest BCUT2D eigenvalue weighted by atomic mass is 10.00. The van der Waals surface area contributed by atoms with Crippen LogP contribution < -0.4 is 27.4 Å². The number of aliphatic carboxylic acids is 1. The lowest BCUT2D eigenvalue weighted by molar-refractivity contribution is -0.142. The van der Waals surface area contributed by atoms with Crippen LogP contribution in [0.15, 0.2) is 30.3 Å². The van der Waals surface area contributed by atoms with Crippen LogP contribution in [0.4, 0.5) is 0 Å². The fraction of sp³-hybridized carbons (Fsp3) is 0.545. The van der Waals surface area contributed by atoms with Crippen molar-refractivity contribution in [1.82, 2.24) is 16.0 Å². The maximum atomic E-state index is 12.9. The van der Waals surface area contributed by atoms with Gasteiger partial charge in [-0.25, -0.2) is 4.79 Å². The predicted molar refractivity (Wildman–Crippen MR) is 120 cm³/mol. The minimum atomic E-state index is -1.18. The second-order valence-electron chi connectivity index (χ2n) is 7.93. The van der Waals surface area contributed by atoms with E-state index in [1.54, 1.807) is 38.1 Å². The Bertz CT molecular complexity index is 756. The number of nitrogens with two attached hydrogens (primary N) is 2. The Morgan fingerprint density at radius 1 is 0.906 bits per heavy atom. The van der Waals surface area contributed by atoms with Crippen molar-refractivity contribution in [2.24, 2.45) is 17.4 Å². The molecule has 3 atom stereocenters. The van der Waals surface area contributed by atoms with Crippen LogP contribution >= 0.6 is 0 Å². The average molecular weight is 450 g/mol. The minimum absolute atomic E-state index is 0.106. The number of rotatable bonds is 14. The molecule has 0 aliphatic heterocycles. The molecule has 10 heteroatoms. The molecule has 0 radical (unpaired) electrons. The lowest BCUT2D eigenvalue weighted by Crippen LogP contribution is -2.58. The van der Waals surface area contributed by atoms with E-state index in [4.69, 9.17) is 11.5 Å². The Labute approximate surface area is 188 Å². The number of carboxylic acids is 1. The van der Waals surface area contributed by atoms with Gasteiger partial charge in [-0.05, 0) is 37.3 Å². The van der Waals surface area contributed by atoms with Crippen LogP contribution in [0.5, 0.6) is 0 Å². The molecule has 1 rings (SSSR count). The third kappa shape index (κ3) is 9.44. The van der Waals surface area contributed by atoms with Gasteiger partial charge >= 0.3 is 5.97 Å². The highest BCUT2D eigenvalue weighted by atomic mass is 16.4. The highest BCUT2D eigenvalue weighted by Gasteiger charge is 2.31. The molecule has 8 N–H and O–H groups in total. The summed E-state index contributed by atoms with van der Waals surface area (Å²) in [5.41, 5.74) is 11.6. The summed E-state index contributed by atoms with van der Waals surface area (Å²) in [4.78, 5) is 49.1. The average Bonchev–Trinajstić information content (AvgIpc) is 2.76. The first kappa shape index (κ1) is 27.1. The normalized spacial score (nSPS) is 13.7. The van der Waals surface area contributed by atoms with E-state index in [1.807, 2.05) is 6.07 Å². The molecule has 32 heavy (non-hydrogen) atoms. The van der Waals surface area contributed by atoms with E-state index < -0.39 is 41.8 Å². The largest absolute Gasteiger partial charge is 0.480 e. The van der Waals surface area contributed by atoms with Crippen molar-refractivity contribution in [3.05, 3.63) is 35.9 Å². The van der Waals surface area contributed by atoms with Crippen molar-refractivity contribution in [2.75, 3.05) is 13.1 Å². The zero-order valence-electron chi connectivity index (χ0n) is 18.7. The van der Waals surface area contributed by atoms with Crippen molar-refractivity contribution in [3.63, 3.8) is 0 Å². The molecule has 1 aromatic carbocycles. The zero-order chi connectivity index (χ0) is 24.1. The third-order valence-corrected chi connectivity index (χ3v) is 4.93. The first-order valence-corrected chi connectivity index (χ1v) is 10.8. The number of hydrogen-bond donors (Lipinski definition) is 6. The highest BCUT2D eigenvalue weighted by molar-refractivity contribution is 5.93.